The molecule has 5 nitrogen and oxygen atoms in total. The second-order valence-electron chi connectivity index (χ2n) is 2.69. The van der Waals surface area contributed by atoms with Gasteiger partial charge >= 0.3 is 0 Å². The van der Waals surface area contributed by atoms with Crippen LogP contribution in [0.4, 0.5) is 14.6 Å². The number of rotatable bonds is 3. The minimum absolute atomic E-state index is 0.504. The van der Waals surface area contributed by atoms with Crippen molar-refractivity contribution in [3.8, 4) is 5.75 Å². The van der Waals surface area contributed by atoms with Crippen molar-refractivity contribution in [1.29, 1.82) is 0 Å². The Morgan fingerprint density at radius 1 is 1.56 bits per heavy atom. The van der Waals surface area contributed by atoms with Crippen LogP contribution in [0.2, 0.25) is 0 Å². The fourth-order valence-corrected chi connectivity index (χ4v) is 2.02. The first-order chi connectivity index (χ1) is 7.29. The van der Waals surface area contributed by atoms with Crippen molar-refractivity contribution in [3.63, 3.8) is 0 Å². The first kappa shape index (κ1) is 12.9. The Bertz CT molecular complexity index is 507. The van der Waals surface area contributed by atoms with E-state index in [1.165, 1.54) is 0 Å². The van der Waals surface area contributed by atoms with Crippen LogP contribution in [0.25, 0.3) is 0 Å². The molecule has 0 bridgehead atoms. The standard InChI is InChI=1S/C7H7ClF2N2O3S/c1-15-5-3(16(8,13)14)2-12-7(11)4(5)6(9)10/h2,6H,1H3,(H2,11,12). The molecule has 16 heavy (non-hydrogen) atoms. The highest BCUT2D eigenvalue weighted by molar-refractivity contribution is 8.13. The van der Waals surface area contributed by atoms with Crippen LogP contribution in [0.15, 0.2) is 11.1 Å². The summed E-state index contributed by atoms with van der Waals surface area (Å²) in [7, 11) is 1.85. The molecule has 0 aliphatic carbocycles. The Hall–Kier alpha value is -1.15. The molecule has 0 radical (unpaired) electrons. The highest BCUT2D eigenvalue weighted by atomic mass is 35.7. The summed E-state index contributed by atoms with van der Waals surface area (Å²) in [6.07, 6.45) is -2.25. The zero-order valence-corrected chi connectivity index (χ0v) is 9.52. The van der Waals surface area contributed by atoms with E-state index in [0.717, 1.165) is 13.3 Å². The number of anilines is 1. The summed E-state index contributed by atoms with van der Waals surface area (Å²) < 4.78 is 51.9. The van der Waals surface area contributed by atoms with Gasteiger partial charge in [-0.1, -0.05) is 0 Å². The quantitative estimate of drug-likeness (QED) is 0.844. The molecule has 0 saturated heterocycles. The molecule has 9 heteroatoms. The lowest BCUT2D eigenvalue weighted by Crippen LogP contribution is -2.06. The topological polar surface area (TPSA) is 82.3 Å². The third-order valence-corrected chi connectivity index (χ3v) is 3.07. The summed E-state index contributed by atoms with van der Waals surface area (Å²) >= 11 is 0. The van der Waals surface area contributed by atoms with E-state index >= 15 is 0 Å². The Labute approximate surface area is 94.6 Å². The molecule has 0 atom stereocenters. The number of nitrogen functional groups attached to an aromatic ring is 1. The van der Waals surface area contributed by atoms with E-state index in [0.29, 0.717) is 0 Å². The van der Waals surface area contributed by atoms with Gasteiger partial charge in [-0.3, -0.25) is 0 Å². The molecule has 0 fully saturated rings. The van der Waals surface area contributed by atoms with Gasteiger partial charge in [0.2, 0.25) is 0 Å². The third-order valence-electron chi connectivity index (χ3n) is 1.75. The van der Waals surface area contributed by atoms with Crippen molar-refractivity contribution in [2.24, 2.45) is 0 Å². The SMILES string of the molecule is COc1c(S(=O)(=O)Cl)cnc(N)c1C(F)F. The number of nitrogens with two attached hydrogens (primary N) is 1. The third kappa shape index (κ3) is 2.33. The molecule has 0 aliphatic heterocycles. The number of aromatic nitrogens is 1. The number of pyridine rings is 1. The van der Waals surface area contributed by atoms with Crippen molar-refractivity contribution in [2.45, 2.75) is 11.3 Å². The Morgan fingerprint density at radius 3 is 2.50 bits per heavy atom. The maximum absolute atomic E-state index is 12.6. The van der Waals surface area contributed by atoms with Gasteiger partial charge in [0.15, 0.2) is 5.75 Å². The van der Waals surface area contributed by atoms with Crippen LogP contribution < -0.4 is 10.5 Å². The Kier molecular flexibility index (Phi) is 3.54. The molecular formula is C7H7ClF2N2O3S. The highest BCUT2D eigenvalue weighted by Crippen LogP contribution is 2.38. The first-order valence-electron chi connectivity index (χ1n) is 3.84. The van der Waals surface area contributed by atoms with Crippen LogP contribution in [0.1, 0.15) is 12.0 Å². The molecular weight excluding hydrogens is 266 g/mol. The van der Waals surface area contributed by atoms with Gasteiger partial charge in [-0.2, -0.15) is 0 Å². The number of methoxy groups -OCH3 is 1. The molecule has 0 aromatic carbocycles. The minimum Gasteiger partial charge on any atom is -0.495 e. The average Bonchev–Trinajstić information content (AvgIpc) is 2.14. The fraction of sp³-hybridized carbons (Fsp3) is 0.286. The van der Waals surface area contributed by atoms with Gasteiger partial charge < -0.3 is 10.5 Å². The molecule has 1 aromatic heterocycles. The molecule has 90 valence electrons. The molecule has 0 spiro atoms. The van der Waals surface area contributed by atoms with E-state index in [4.69, 9.17) is 16.4 Å². The lowest BCUT2D eigenvalue weighted by Gasteiger charge is -2.12. The molecule has 1 aromatic rings. The lowest BCUT2D eigenvalue weighted by atomic mass is 10.2. The maximum atomic E-state index is 12.6. The van der Waals surface area contributed by atoms with Gasteiger partial charge in [0.05, 0.1) is 13.3 Å². The van der Waals surface area contributed by atoms with Crippen LogP contribution in [0.3, 0.4) is 0 Å². The van der Waals surface area contributed by atoms with E-state index in [-0.39, 0.29) is 0 Å². The Balaban J connectivity index is 3.62. The number of alkyl halides is 2. The second-order valence-corrected chi connectivity index (χ2v) is 5.23. The van der Waals surface area contributed by atoms with Crippen molar-refractivity contribution >= 4 is 25.6 Å². The van der Waals surface area contributed by atoms with Crippen LogP contribution in [-0.4, -0.2) is 20.5 Å². The molecule has 1 rings (SSSR count). The maximum Gasteiger partial charge on any atom is 0.271 e. The zero-order chi connectivity index (χ0) is 12.5. The van der Waals surface area contributed by atoms with Crippen molar-refractivity contribution in [1.82, 2.24) is 4.98 Å². The number of hydrogen-bond acceptors (Lipinski definition) is 5. The molecule has 1 heterocycles. The normalized spacial score (nSPS) is 11.8. The van der Waals surface area contributed by atoms with E-state index in [1.807, 2.05) is 0 Å². The number of halogens is 3. The molecule has 0 unspecified atom stereocenters. The van der Waals surface area contributed by atoms with Gasteiger partial charge in [-0.15, -0.1) is 0 Å². The van der Waals surface area contributed by atoms with Gasteiger partial charge in [0, 0.05) is 10.7 Å². The fourth-order valence-electron chi connectivity index (χ4n) is 1.10. The van der Waals surface area contributed by atoms with Crippen LogP contribution in [0, 0.1) is 0 Å². The summed E-state index contributed by atoms with van der Waals surface area (Å²) in [6.45, 7) is 0. The highest BCUT2D eigenvalue weighted by Gasteiger charge is 2.27. The van der Waals surface area contributed by atoms with Crippen LogP contribution >= 0.6 is 10.7 Å². The van der Waals surface area contributed by atoms with E-state index in [1.54, 1.807) is 0 Å². The number of nitrogens with zero attached hydrogens (tertiary/aromatic N) is 1. The molecule has 0 aliphatic rings. The van der Waals surface area contributed by atoms with Crippen molar-refractivity contribution < 1.29 is 21.9 Å². The van der Waals surface area contributed by atoms with Crippen LogP contribution in [-0.2, 0) is 9.05 Å². The van der Waals surface area contributed by atoms with Crippen molar-refractivity contribution in [2.75, 3.05) is 12.8 Å². The number of hydrogen-bond donors (Lipinski definition) is 1. The van der Waals surface area contributed by atoms with Crippen molar-refractivity contribution in [3.05, 3.63) is 11.8 Å². The summed E-state index contributed by atoms with van der Waals surface area (Å²) in [6, 6.07) is 0. The minimum atomic E-state index is -4.22. The van der Waals surface area contributed by atoms with E-state index in [2.05, 4.69) is 9.72 Å². The zero-order valence-electron chi connectivity index (χ0n) is 7.95. The smallest absolute Gasteiger partial charge is 0.271 e. The van der Waals surface area contributed by atoms with E-state index in [9.17, 15) is 17.2 Å². The Morgan fingerprint density at radius 2 is 2.12 bits per heavy atom. The number of ether oxygens (including phenoxy) is 1. The summed E-state index contributed by atoms with van der Waals surface area (Å²) in [4.78, 5) is 2.69. The monoisotopic (exact) mass is 272 g/mol. The average molecular weight is 273 g/mol. The van der Waals surface area contributed by atoms with Gasteiger partial charge in [-0.05, 0) is 0 Å². The predicted molar refractivity (Wildman–Crippen MR) is 53.2 cm³/mol. The van der Waals surface area contributed by atoms with Crippen LogP contribution in [0.5, 0.6) is 5.75 Å². The van der Waals surface area contributed by atoms with Gasteiger partial charge in [0.1, 0.15) is 16.3 Å². The summed E-state index contributed by atoms with van der Waals surface area (Å²) in [5.74, 6) is -1.09. The first-order valence-corrected chi connectivity index (χ1v) is 6.15. The molecule has 2 N–H and O–H groups in total. The summed E-state index contributed by atoms with van der Waals surface area (Å²) in [5.41, 5.74) is 4.41. The molecule has 0 saturated carbocycles. The predicted octanol–water partition coefficient (Wildman–Crippen LogP) is 1.54. The molecule has 0 amide bonds. The van der Waals surface area contributed by atoms with E-state index < -0.39 is 37.5 Å². The van der Waals surface area contributed by atoms with Gasteiger partial charge in [0.25, 0.3) is 15.5 Å². The van der Waals surface area contributed by atoms with Gasteiger partial charge in [-0.25, -0.2) is 22.2 Å². The summed E-state index contributed by atoms with van der Waals surface area (Å²) in [5, 5.41) is 0. The second kappa shape index (κ2) is 4.38. The largest absolute Gasteiger partial charge is 0.495 e. The lowest BCUT2D eigenvalue weighted by molar-refractivity contribution is 0.147.